The highest BCUT2D eigenvalue weighted by molar-refractivity contribution is 6.35. The Hall–Kier alpha value is -1.01. The van der Waals surface area contributed by atoms with Crippen LogP contribution in [-0.4, -0.2) is 0 Å². The molecule has 0 heterocycles. The van der Waals surface area contributed by atoms with Gasteiger partial charge in [0.15, 0.2) is 0 Å². The van der Waals surface area contributed by atoms with E-state index in [9.17, 15) is 0 Å². The van der Waals surface area contributed by atoms with Crippen LogP contribution in [0.2, 0.25) is 5.02 Å². The highest BCUT2D eigenvalue weighted by Crippen LogP contribution is 2.26. The molecule has 0 aliphatic carbocycles. The van der Waals surface area contributed by atoms with Crippen LogP contribution in [0.15, 0.2) is 36.4 Å². The zero-order chi connectivity index (χ0) is 10.1. The molecule has 72 valence electrons. The first-order valence-corrected chi connectivity index (χ1v) is 5.24. The Balaban J connectivity index is 2.70. The van der Waals surface area contributed by atoms with Gasteiger partial charge in [-0.3, -0.25) is 0 Å². The van der Waals surface area contributed by atoms with Gasteiger partial charge in [0.25, 0.3) is 0 Å². The first-order chi connectivity index (χ1) is 6.68. The molecule has 2 aromatic carbocycles. The molecule has 14 heavy (non-hydrogen) atoms. The van der Waals surface area contributed by atoms with Gasteiger partial charge < -0.3 is 0 Å². The van der Waals surface area contributed by atoms with Gasteiger partial charge in [-0.2, -0.15) is 0 Å². The summed E-state index contributed by atoms with van der Waals surface area (Å²) in [5.41, 5.74) is 1.34. The topological polar surface area (TPSA) is 0 Å². The molecule has 0 bridgehead atoms. The van der Waals surface area contributed by atoms with E-state index < -0.39 is 0 Å². The summed E-state index contributed by atoms with van der Waals surface area (Å²) in [6.07, 6.45) is 0. The van der Waals surface area contributed by atoms with Crippen LogP contribution in [0.1, 0.15) is 25.3 Å². The van der Waals surface area contributed by atoms with Crippen molar-refractivity contribution in [1.82, 2.24) is 0 Å². The SMILES string of the molecule is CC(C)c1ccc2cccc(Cl)c2c1. The lowest BCUT2D eigenvalue weighted by atomic mass is 9.99. The summed E-state index contributed by atoms with van der Waals surface area (Å²) in [7, 11) is 0. The molecule has 0 spiro atoms. The Morgan fingerprint density at radius 3 is 2.57 bits per heavy atom. The Labute approximate surface area is 89.5 Å². The minimum atomic E-state index is 0.552. The van der Waals surface area contributed by atoms with Crippen molar-refractivity contribution in [1.29, 1.82) is 0 Å². The highest BCUT2D eigenvalue weighted by atomic mass is 35.5. The second kappa shape index (κ2) is 3.62. The van der Waals surface area contributed by atoms with Crippen LogP contribution >= 0.6 is 11.6 Å². The van der Waals surface area contributed by atoms with Gasteiger partial charge in [0.05, 0.1) is 0 Å². The molecule has 1 heteroatoms. The molecule has 0 fully saturated rings. The fraction of sp³-hybridized carbons (Fsp3) is 0.231. The van der Waals surface area contributed by atoms with Crippen LogP contribution in [0.4, 0.5) is 0 Å². The number of rotatable bonds is 1. The van der Waals surface area contributed by atoms with Crippen LogP contribution in [0, 0.1) is 0 Å². The van der Waals surface area contributed by atoms with E-state index in [0.29, 0.717) is 5.92 Å². The lowest BCUT2D eigenvalue weighted by Crippen LogP contribution is -1.86. The molecular formula is C13H13Cl. The van der Waals surface area contributed by atoms with Gasteiger partial charge in [-0.1, -0.05) is 49.7 Å². The number of fused-ring (bicyclic) bond motifs is 1. The summed E-state index contributed by atoms with van der Waals surface area (Å²) in [4.78, 5) is 0. The molecule has 0 saturated heterocycles. The summed E-state index contributed by atoms with van der Waals surface area (Å²) in [6, 6.07) is 12.5. The Kier molecular flexibility index (Phi) is 2.47. The van der Waals surface area contributed by atoms with E-state index in [-0.39, 0.29) is 0 Å². The Bertz CT molecular complexity index is 458. The standard InChI is InChI=1S/C13H13Cl/c1-9(2)11-7-6-10-4-3-5-13(14)12(10)8-11/h3-9H,1-2H3. The van der Waals surface area contributed by atoms with Crippen LogP contribution < -0.4 is 0 Å². The fourth-order valence-corrected chi connectivity index (χ4v) is 1.85. The van der Waals surface area contributed by atoms with E-state index in [0.717, 1.165) is 10.4 Å². The third-order valence-corrected chi connectivity index (χ3v) is 2.85. The molecule has 0 unspecified atom stereocenters. The van der Waals surface area contributed by atoms with Crippen molar-refractivity contribution in [3.8, 4) is 0 Å². The fourth-order valence-electron chi connectivity index (χ4n) is 1.61. The predicted molar refractivity (Wildman–Crippen MR) is 63.0 cm³/mol. The normalized spacial score (nSPS) is 11.1. The average molecular weight is 205 g/mol. The van der Waals surface area contributed by atoms with Crippen molar-refractivity contribution in [2.24, 2.45) is 0 Å². The summed E-state index contributed by atoms with van der Waals surface area (Å²) in [6.45, 7) is 4.38. The van der Waals surface area contributed by atoms with Crippen LogP contribution in [0.3, 0.4) is 0 Å². The largest absolute Gasteiger partial charge is 0.0837 e. The molecular weight excluding hydrogens is 192 g/mol. The first kappa shape index (κ1) is 9.54. The molecule has 0 aromatic heterocycles. The van der Waals surface area contributed by atoms with Crippen molar-refractivity contribution < 1.29 is 0 Å². The molecule has 0 N–H and O–H groups in total. The lowest BCUT2D eigenvalue weighted by molar-refractivity contribution is 0.869. The van der Waals surface area contributed by atoms with E-state index in [4.69, 9.17) is 11.6 Å². The van der Waals surface area contributed by atoms with Gasteiger partial charge in [0.1, 0.15) is 0 Å². The minimum absolute atomic E-state index is 0.552. The first-order valence-electron chi connectivity index (χ1n) is 4.86. The Morgan fingerprint density at radius 2 is 1.86 bits per heavy atom. The van der Waals surface area contributed by atoms with Crippen molar-refractivity contribution in [2.75, 3.05) is 0 Å². The molecule has 0 radical (unpaired) electrons. The predicted octanol–water partition coefficient (Wildman–Crippen LogP) is 4.62. The molecule has 0 aliphatic rings. The monoisotopic (exact) mass is 204 g/mol. The molecule has 0 atom stereocenters. The van der Waals surface area contributed by atoms with E-state index >= 15 is 0 Å². The van der Waals surface area contributed by atoms with Gasteiger partial charge in [-0.15, -0.1) is 0 Å². The summed E-state index contributed by atoms with van der Waals surface area (Å²) in [5, 5.41) is 3.20. The zero-order valence-corrected chi connectivity index (χ0v) is 9.18. The maximum absolute atomic E-state index is 6.13. The molecule has 0 amide bonds. The highest BCUT2D eigenvalue weighted by Gasteiger charge is 2.02. The zero-order valence-electron chi connectivity index (χ0n) is 8.42. The molecule has 2 rings (SSSR count). The number of halogens is 1. The van der Waals surface area contributed by atoms with Crippen molar-refractivity contribution in [3.63, 3.8) is 0 Å². The van der Waals surface area contributed by atoms with Gasteiger partial charge in [0.2, 0.25) is 0 Å². The lowest BCUT2D eigenvalue weighted by Gasteiger charge is -2.07. The van der Waals surface area contributed by atoms with E-state index in [1.165, 1.54) is 10.9 Å². The second-order valence-electron chi connectivity index (χ2n) is 3.88. The Morgan fingerprint density at radius 1 is 1.07 bits per heavy atom. The van der Waals surface area contributed by atoms with E-state index in [1.807, 2.05) is 12.1 Å². The maximum Gasteiger partial charge on any atom is 0.0484 e. The van der Waals surface area contributed by atoms with E-state index in [2.05, 4.69) is 38.1 Å². The smallest absolute Gasteiger partial charge is 0.0484 e. The van der Waals surface area contributed by atoms with E-state index in [1.54, 1.807) is 0 Å². The van der Waals surface area contributed by atoms with Gasteiger partial charge in [-0.05, 0) is 29.0 Å². The van der Waals surface area contributed by atoms with Crippen molar-refractivity contribution in [3.05, 3.63) is 47.0 Å². The number of hydrogen-bond acceptors (Lipinski definition) is 0. The number of benzene rings is 2. The molecule has 2 aromatic rings. The third kappa shape index (κ3) is 1.62. The summed E-state index contributed by atoms with van der Waals surface area (Å²) >= 11 is 6.13. The summed E-state index contributed by atoms with van der Waals surface area (Å²) in [5.74, 6) is 0.552. The average Bonchev–Trinajstić information content (AvgIpc) is 2.18. The van der Waals surface area contributed by atoms with Crippen LogP contribution in [-0.2, 0) is 0 Å². The van der Waals surface area contributed by atoms with Crippen molar-refractivity contribution in [2.45, 2.75) is 19.8 Å². The van der Waals surface area contributed by atoms with Gasteiger partial charge in [0, 0.05) is 10.4 Å². The summed E-state index contributed by atoms with van der Waals surface area (Å²) < 4.78 is 0. The van der Waals surface area contributed by atoms with Gasteiger partial charge in [-0.25, -0.2) is 0 Å². The van der Waals surface area contributed by atoms with Crippen molar-refractivity contribution >= 4 is 22.4 Å². The van der Waals surface area contributed by atoms with Gasteiger partial charge >= 0.3 is 0 Å². The quantitative estimate of drug-likeness (QED) is 0.636. The van der Waals surface area contributed by atoms with Crippen LogP contribution in [0.5, 0.6) is 0 Å². The number of hydrogen-bond donors (Lipinski definition) is 0. The molecule has 0 saturated carbocycles. The second-order valence-corrected chi connectivity index (χ2v) is 4.28. The maximum atomic E-state index is 6.13. The third-order valence-electron chi connectivity index (χ3n) is 2.52. The molecule has 0 nitrogen and oxygen atoms in total. The van der Waals surface area contributed by atoms with Crippen LogP contribution in [0.25, 0.3) is 10.8 Å². The molecule has 0 aliphatic heterocycles. The minimum Gasteiger partial charge on any atom is -0.0837 e.